The summed E-state index contributed by atoms with van der Waals surface area (Å²) in [6, 6.07) is 15.7. The van der Waals surface area contributed by atoms with Gasteiger partial charge in [0.05, 0.1) is 45.9 Å². The van der Waals surface area contributed by atoms with Crippen LogP contribution in [0, 0.1) is 0 Å². The molecule has 33 heavy (non-hydrogen) atoms. The van der Waals surface area contributed by atoms with Crippen LogP contribution in [0.25, 0.3) is 33.4 Å². The number of aromatic nitrogens is 5. The van der Waals surface area contributed by atoms with E-state index in [1.54, 1.807) is 55.0 Å². The molecule has 0 amide bonds. The number of sulfonamides is 1. The molecule has 0 spiro atoms. The molecule has 3 heterocycles. The zero-order valence-corrected chi connectivity index (χ0v) is 18.6. The predicted octanol–water partition coefficient (Wildman–Crippen LogP) is 4.38. The zero-order valence-electron chi connectivity index (χ0n) is 17.8. The van der Waals surface area contributed by atoms with Gasteiger partial charge in [0, 0.05) is 30.1 Å². The molecule has 0 fully saturated rings. The van der Waals surface area contributed by atoms with E-state index in [1.807, 2.05) is 36.0 Å². The van der Waals surface area contributed by atoms with Crippen LogP contribution < -0.4 is 4.72 Å². The lowest BCUT2D eigenvalue weighted by atomic mass is 10.1. The van der Waals surface area contributed by atoms with Gasteiger partial charge in [-0.1, -0.05) is 24.3 Å². The Hall–Kier alpha value is -4.11. The zero-order chi connectivity index (χ0) is 22.8. The molecule has 5 aromatic rings. The fraction of sp³-hybridized carbons (Fsp3) is 0.0833. The largest absolute Gasteiger partial charge is 0.278 e. The summed E-state index contributed by atoms with van der Waals surface area (Å²) in [5.74, 6) is 0. The van der Waals surface area contributed by atoms with E-state index in [9.17, 15) is 8.42 Å². The lowest BCUT2D eigenvalue weighted by Gasteiger charge is -2.10. The fourth-order valence-electron chi connectivity index (χ4n) is 3.47. The topological polar surface area (TPSA) is 103 Å². The van der Waals surface area contributed by atoms with Gasteiger partial charge in [-0.2, -0.15) is 5.10 Å². The Morgan fingerprint density at radius 1 is 0.879 bits per heavy atom. The van der Waals surface area contributed by atoms with Crippen molar-refractivity contribution in [3.05, 3.63) is 85.6 Å². The van der Waals surface area contributed by atoms with Gasteiger partial charge in [-0.05, 0) is 42.8 Å². The van der Waals surface area contributed by atoms with Crippen LogP contribution in [0.3, 0.4) is 0 Å². The van der Waals surface area contributed by atoms with Crippen LogP contribution in [0.15, 0.2) is 90.5 Å². The van der Waals surface area contributed by atoms with E-state index in [4.69, 9.17) is 4.98 Å². The van der Waals surface area contributed by atoms with Gasteiger partial charge in [0.1, 0.15) is 0 Å². The molecule has 5 rings (SSSR count). The smallest absolute Gasteiger partial charge is 0.261 e. The number of hydrogen-bond donors (Lipinski definition) is 1. The van der Waals surface area contributed by atoms with Crippen molar-refractivity contribution in [1.29, 1.82) is 0 Å². The third-order valence-electron chi connectivity index (χ3n) is 5.17. The monoisotopic (exact) mass is 456 g/mol. The van der Waals surface area contributed by atoms with Crippen molar-refractivity contribution in [1.82, 2.24) is 24.7 Å². The normalized spacial score (nSPS) is 11.5. The van der Waals surface area contributed by atoms with Crippen LogP contribution in [0.2, 0.25) is 0 Å². The number of anilines is 1. The highest BCUT2D eigenvalue weighted by Gasteiger charge is 2.14. The summed E-state index contributed by atoms with van der Waals surface area (Å²) < 4.78 is 29.7. The van der Waals surface area contributed by atoms with Crippen molar-refractivity contribution in [2.24, 2.45) is 0 Å². The minimum atomic E-state index is -3.70. The molecule has 0 saturated heterocycles. The minimum absolute atomic E-state index is 0.190. The summed E-state index contributed by atoms with van der Waals surface area (Å²) in [7, 11) is -3.70. The average molecular weight is 457 g/mol. The second-order valence-corrected chi connectivity index (χ2v) is 9.11. The lowest BCUT2D eigenvalue weighted by Crippen LogP contribution is -2.12. The Morgan fingerprint density at radius 2 is 1.73 bits per heavy atom. The van der Waals surface area contributed by atoms with Crippen molar-refractivity contribution in [3.8, 4) is 22.4 Å². The van der Waals surface area contributed by atoms with Crippen molar-refractivity contribution in [2.75, 3.05) is 4.72 Å². The van der Waals surface area contributed by atoms with Crippen molar-refractivity contribution in [3.63, 3.8) is 0 Å². The van der Waals surface area contributed by atoms with E-state index >= 15 is 0 Å². The van der Waals surface area contributed by atoms with Crippen LogP contribution in [-0.4, -0.2) is 33.2 Å². The Balaban J connectivity index is 1.47. The third-order valence-corrected chi connectivity index (χ3v) is 6.57. The van der Waals surface area contributed by atoms with Crippen molar-refractivity contribution >= 4 is 26.7 Å². The molecule has 0 bridgehead atoms. The molecule has 0 unspecified atom stereocenters. The van der Waals surface area contributed by atoms with E-state index in [2.05, 4.69) is 19.8 Å². The van der Waals surface area contributed by atoms with E-state index in [0.29, 0.717) is 5.69 Å². The van der Waals surface area contributed by atoms with Crippen LogP contribution in [-0.2, 0) is 16.6 Å². The summed E-state index contributed by atoms with van der Waals surface area (Å²) in [5, 5.41) is 4.30. The summed E-state index contributed by atoms with van der Waals surface area (Å²) in [4.78, 5) is 13.7. The fourth-order valence-corrected chi connectivity index (χ4v) is 4.52. The molecule has 0 radical (unpaired) electrons. The van der Waals surface area contributed by atoms with Gasteiger partial charge >= 0.3 is 0 Å². The molecule has 164 valence electrons. The first kappa shape index (κ1) is 20.8. The SMILES string of the molecule is CCn1cc(-c2cnc3ccc(-c4cncc(NS(=O)(=O)c5ccccc5)c4)cc3n2)cn1. The van der Waals surface area contributed by atoms with E-state index in [0.717, 1.165) is 40.0 Å². The molecule has 3 aromatic heterocycles. The Bertz CT molecular complexity index is 1550. The molecular formula is C24H20N6O2S. The highest BCUT2D eigenvalue weighted by Crippen LogP contribution is 2.27. The summed E-state index contributed by atoms with van der Waals surface area (Å²) in [6.45, 7) is 2.81. The molecule has 1 N–H and O–H groups in total. The number of pyridine rings is 1. The van der Waals surface area contributed by atoms with Gasteiger partial charge in [0.25, 0.3) is 10.0 Å². The second kappa shape index (κ2) is 8.44. The van der Waals surface area contributed by atoms with Gasteiger partial charge in [-0.3, -0.25) is 19.4 Å². The summed E-state index contributed by atoms with van der Waals surface area (Å²) in [6.07, 6.45) is 8.61. The molecule has 0 aliphatic heterocycles. The number of rotatable bonds is 6. The van der Waals surface area contributed by atoms with Gasteiger partial charge in [0.15, 0.2) is 0 Å². The molecule has 9 heteroatoms. The van der Waals surface area contributed by atoms with Crippen molar-refractivity contribution < 1.29 is 8.42 Å². The van der Waals surface area contributed by atoms with E-state index in [-0.39, 0.29) is 4.90 Å². The second-order valence-electron chi connectivity index (χ2n) is 7.42. The maximum Gasteiger partial charge on any atom is 0.261 e. The summed E-state index contributed by atoms with van der Waals surface area (Å²) in [5.41, 5.74) is 5.12. The number of aryl methyl sites for hydroxylation is 1. The maximum atomic E-state index is 12.7. The number of benzene rings is 2. The van der Waals surface area contributed by atoms with Gasteiger partial charge in [-0.25, -0.2) is 13.4 Å². The molecule has 8 nitrogen and oxygen atoms in total. The molecule has 0 aliphatic carbocycles. The highest BCUT2D eigenvalue weighted by atomic mass is 32.2. The molecular weight excluding hydrogens is 436 g/mol. The van der Waals surface area contributed by atoms with Gasteiger partial charge in [0.2, 0.25) is 0 Å². The number of hydrogen-bond acceptors (Lipinski definition) is 6. The molecule has 0 saturated carbocycles. The molecule has 2 aromatic carbocycles. The lowest BCUT2D eigenvalue weighted by molar-refractivity contribution is 0.601. The number of nitrogens with one attached hydrogen (secondary N) is 1. The first-order valence-electron chi connectivity index (χ1n) is 10.3. The van der Waals surface area contributed by atoms with Gasteiger partial charge in [-0.15, -0.1) is 0 Å². The van der Waals surface area contributed by atoms with Crippen LogP contribution in [0.4, 0.5) is 5.69 Å². The summed E-state index contributed by atoms with van der Waals surface area (Å²) >= 11 is 0. The van der Waals surface area contributed by atoms with Crippen LogP contribution >= 0.6 is 0 Å². The minimum Gasteiger partial charge on any atom is -0.278 e. The van der Waals surface area contributed by atoms with Crippen LogP contribution in [0.1, 0.15) is 6.92 Å². The first-order chi connectivity index (χ1) is 16.0. The first-order valence-corrected chi connectivity index (χ1v) is 11.8. The Morgan fingerprint density at radius 3 is 2.52 bits per heavy atom. The highest BCUT2D eigenvalue weighted by molar-refractivity contribution is 7.92. The van der Waals surface area contributed by atoms with Crippen molar-refractivity contribution in [2.45, 2.75) is 18.4 Å². The van der Waals surface area contributed by atoms with E-state index < -0.39 is 10.0 Å². The maximum absolute atomic E-state index is 12.7. The average Bonchev–Trinajstić information content (AvgIpc) is 3.33. The van der Waals surface area contributed by atoms with E-state index in [1.165, 1.54) is 6.20 Å². The van der Waals surface area contributed by atoms with Crippen LogP contribution in [0.5, 0.6) is 0 Å². The number of fused-ring (bicyclic) bond motifs is 1. The molecule has 0 atom stereocenters. The Labute approximate surface area is 191 Å². The molecule has 0 aliphatic rings. The standard InChI is InChI=1S/C24H20N6O2S/c1-2-30-16-19(13-27-30)24-15-26-22-9-8-17(11-23(22)28-24)18-10-20(14-25-12-18)29-33(31,32)21-6-4-3-5-7-21/h3-16,29H,2H2,1H3. The van der Waals surface area contributed by atoms with Gasteiger partial charge < -0.3 is 0 Å². The number of nitrogens with zero attached hydrogens (tertiary/aromatic N) is 5. The Kier molecular flexibility index (Phi) is 5.31. The predicted molar refractivity (Wildman–Crippen MR) is 127 cm³/mol. The third kappa shape index (κ3) is 4.31. The quantitative estimate of drug-likeness (QED) is 0.407.